The van der Waals surface area contributed by atoms with Crippen LogP contribution in [0.25, 0.3) is 27.6 Å². The number of carboxylic acid groups (broad SMARTS) is 1. The van der Waals surface area contributed by atoms with Gasteiger partial charge in [0.25, 0.3) is 10.0 Å². The van der Waals surface area contributed by atoms with Crippen molar-refractivity contribution in [3.05, 3.63) is 102 Å². The van der Waals surface area contributed by atoms with E-state index in [-0.39, 0.29) is 27.8 Å². The first-order chi connectivity index (χ1) is 18.7. The Hall–Kier alpha value is -5.23. The van der Waals surface area contributed by atoms with Crippen LogP contribution in [0.2, 0.25) is 0 Å². The van der Waals surface area contributed by atoms with Crippen molar-refractivity contribution in [2.75, 3.05) is 5.73 Å². The zero-order valence-electron chi connectivity index (χ0n) is 20.4. The van der Waals surface area contributed by atoms with Crippen LogP contribution in [0, 0.1) is 0 Å². The molecule has 11 nitrogen and oxygen atoms in total. The average Bonchev–Trinajstić information content (AvgIpc) is 3.62. The Labute approximate surface area is 221 Å². The summed E-state index contributed by atoms with van der Waals surface area (Å²) in [5, 5.41) is 14.2. The number of ketones is 1. The fourth-order valence-corrected chi connectivity index (χ4v) is 6.16. The number of carbonyl (C=O) groups excluding carboxylic acids is 1. The Morgan fingerprint density at radius 2 is 1.64 bits per heavy atom. The molecule has 6 aromatic rings. The first kappa shape index (κ1) is 24.1. The lowest BCUT2D eigenvalue weighted by Crippen LogP contribution is -2.19. The number of para-hydroxylation sites is 1. The molecule has 0 saturated carbocycles. The summed E-state index contributed by atoms with van der Waals surface area (Å²) in [6, 6.07) is 21.1. The van der Waals surface area contributed by atoms with Gasteiger partial charge in [-0.2, -0.15) is 5.10 Å². The standard InChI is InChI=1S/C27H20N6O5S/c1-31-22-12-11-17(14-20(22)30-26(31)27(35)36)32-25(28)19(15-29-32)24(34)23-13-16-7-5-6-10-21(16)33(23)39(37,38)18-8-3-2-4-9-18/h2-15H,28H2,1H3,(H,35,36). The third kappa shape index (κ3) is 3.68. The smallest absolute Gasteiger partial charge is 0.372 e. The zero-order valence-corrected chi connectivity index (χ0v) is 21.2. The molecule has 12 heteroatoms. The Balaban J connectivity index is 1.48. The van der Waals surface area contributed by atoms with Gasteiger partial charge in [0.1, 0.15) is 11.5 Å². The van der Waals surface area contributed by atoms with Crippen LogP contribution in [-0.2, 0) is 17.1 Å². The monoisotopic (exact) mass is 540 g/mol. The minimum absolute atomic E-state index is 0.00895. The Morgan fingerprint density at radius 3 is 2.38 bits per heavy atom. The van der Waals surface area contributed by atoms with Crippen LogP contribution in [-0.4, -0.2) is 48.6 Å². The van der Waals surface area contributed by atoms with Gasteiger partial charge in [-0.15, -0.1) is 0 Å². The number of carboxylic acids is 1. The molecule has 3 heterocycles. The molecule has 0 aliphatic rings. The van der Waals surface area contributed by atoms with Crippen molar-refractivity contribution in [3.8, 4) is 5.69 Å². The second-order valence-corrected chi connectivity index (χ2v) is 10.6. The highest BCUT2D eigenvalue weighted by molar-refractivity contribution is 7.90. The van der Waals surface area contributed by atoms with E-state index >= 15 is 0 Å². The van der Waals surface area contributed by atoms with Crippen LogP contribution >= 0.6 is 0 Å². The summed E-state index contributed by atoms with van der Waals surface area (Å²) >= 11 is 0. The minimum atomic E-state index is -4.13. The van der Waals surface area contributed by atoms with Gasteiger partial charge in [-0.05, 0) is 42.5 Å². The second-order valence-electron chi connectivity index (χ2n) is 8.83. The van der Waals surface area contributed by atoms with Gasteiger partial charge in [-0.1, -0.05) is 36.4 Å². The number of nitrogens with zero attached hydrogens (tertiary/aromatic N) is 5. The molecule has 0 spiro atoms. The topological polar surface area (TPSA) is 155 Å². The molecule has 3 N–H and O–H groups in total. The molecule has 0 aliphatic heterocycles. The van der Waals surface area contributed by atoms with Crippen LogP contribution in [0.3, 0.4) is 0 Å². The number of carbonyl (C=O) groups is 2. The molecule has 0 atom stereocenters. The molecule has 0 unspecified atom stereocenters. The lowest BCUT2D eigenvalue weighted by Gasteiger charge is -2.11. The number of nitrogens with two attached hydrogens (primary N) is 1. The first-order valence-corrected chi connectivity index (χ1v) is 13.1. The van der Waals surface area contributed by atoms with Gasteiger partial charge in [-0.3, -0.25) is 4.79 Å². The van der Waals surface area contributed by atoms with E-state index in [9.17, 15) is 23.1 Å². The highest BCUT2D eigenvalue weighted by Crippen LogP contribution is 2.29. The number of aryl methyl sites for hydroxylation is 1. The molecular weight excluding hydrogens is 520 g/mol. The van der Waals surface area contributed by atoms with E-state index in [2.05, 4.69) is 10.1 Å². The molecule has 3 aromatic carbocycles. The molecule has 39 heavy (non-hydrogen) atoms. The molecule has 0 amide bonds. The molecule has 3 aromatic heterocycles. The molecule has 194 valence electrons. The fraction of sp³-hybridized carbons (Fsp3) is 0.0370. The molecule has 0 saturated heterocycles. The largest absolute Gasteiger partial charge is 0.475 e. The Bertz CT molecular complexity index is 2050. The summed E-state index contributed by atoms with van der Waals surface area (Å²) in [6.45, 7) is 0. The SMILES string of the molecule is Cn1c(C(=O)O)nc2cc(-n3ncc(C(=O)c4cc5ccccc5n4S(=O)(=O)c4ccccc4)c3N)ccc21. The number of rotatable bonds is 6. The summed E-state index contributed by atoms with van der Waals surface area (Å²) in [4.78, 5) is 29.5. The summed E-state index contributed by atoms with van der Waals surface area (Å²) < 4.78 is 31.2. The summed E-state index contributed by atoms with van der Waals surface area (Å²) in [6.07, 6.45) is 1.28. The number of aromatic carboxylic acids is 1. The van der Waals surface area contributed by atoms with Crippen molar-refractivity contribution < 1.29 is 23.1 Å². The summed E-state index contributed by atoms with van der Waals surface area (Å²) in [5.41, 5.74) is 8.09. The van der Waals surface area contributed by atoms with Gasteiger partial charge in [0.2, 0.25) is 11.6 Å². The number of hydrogen-bond acceptors (Lipinski definition) is 7. The normalized spacial score (nSPS) is 11.8. The van der Waals surface area contributed by atoms with Gasteiger partial charge in [0, 0.05) is 12.4 Å². The fourth-order valence-electron chi connectivity index (χ4n) is 4.63. The highest BCUT2D eigenvalue weighted by Gasteiger charge is 2.29. The van der Waals surface area contributed by atoms with Crippen molar-refractivity contribution >= 4 is 49.5 Å². The van der Waals surface area contributed by atoms with Crippen molar-refractivity contribution in [2.24, 2.45) is 7.05 Å². The number of nitrogen functional groups attached to an aromatic ring is 1. The maximum absolute atomic E-state index is 13.8. The molecular formula is C27H20N6O5S. The number of benzene rings is 3. The van der Waals surface area contributed by atoms with Gasteiger partial charge >= 0.3 is 5.97 Å². The van der Waals surface area contributed by atoms with E-state index in [1.54, 1.807) is 67.7 Å². The summed E-state index contributed by atoms with van der Waals surface area (Å²) in [5.74, 6) is -1.93. The number of fused-ring (bicyclic) bond motifs is 2. The van der Waals surface area contributed by atoms with E-state index in [0.29, 0.717) is 27.6 Å². The van der Waals surface area contributed by atoms with Crippen molar-refractivity contribution in [1.29, 1.82) is 0 Å². The van der Waals surface area contributed by atoms with Crippen molar-refractivity contribution in [1.82, 2.24) is 23.3 Å². The third-order valence-corrected chi connectivity index (χ3v) is 8.27. The van der Waals surface area contributed by atoms with Gasteiger partial charge in [0.05, 0.1) is 38.9 Å². The predicted molar refractivity (Wildman–Crippen MR) is 144 cm³/mol. The maximum atomic E-state index is 13.8. The van der Waals surface area contributed by atoms with Crippen LogP contribution in [0.15, 0.2) is 90.0 Å². The first-order valence-electron chi connectivity index (χ1n) is 11.7. The van der Waals surface area contributed by atoms with Crippen LogP contribution in [0.4, 0.5) is 5.82 Å². The third-order valence-electron chi connectivity index (χ3n) is 6.53. The van der Waals surface area contributed by atoms with Crippen LogP contribution < -0.4 is 5.73 Å². The molecule has 6 rings (SSSR count). The van der Waals surface area contributed by atoms with Gasteiger partial charge < -0.3 is 15.4 Å². The van der Waals surface area contributed by atoms with Crippen LogP contribution in [0.5, 0.6) is 0 Å². The molecule has 0 bridgehead atoms. The number of imidazole rings is 1. The maximum Gasteiger partial charge on any atom is 0.372 e. The highest BCUT2D eigenvalue weighted by atomic mass is 32.2. The lowest BCUT2D eigenvalue weighted by atomic mass is 10.1. The van der Waals surface area contributed by atoms with E-state index in [1.165, 1.54) is 33.6 Å². The van der Waals surface area contributed by atoms with Gasteiger partial charge in [0.15, 0.2) is 0 Å². The van der Waals surface area contributed by atoms with E-state index in [1.807, 2.05) is 0 Å². The lowest BCUT2D eigenvalue weighted by molar-refractivity contribution is 0.0680. The minimum Gasteiger partial charge on any atom is -0.475 e. The molecule has 0 aliphatic carbocycles. The van der Waals surface area contributed by atoms with Crippen molar-refractivity contribution in [3.63, 3.8) is 0 Å². The Morgan fingerprint density at radius 1 is 0.923 bits per heavy atom. The van der Waals surface area contributed by atoms with Gasteiger partial charge in [-0.25, -0.2) is 26.9 Å². The average molecular weight is 541 g/mol. The zero-order chi connectivity index (χ0) is 27.5. The quantitative estimate of drug-likeness (QED) is 0.304. The van der Waals surface area contributed by atoms with E-state index < -0.39 is 21.8 Å². The van der Waals surface area contributed by atoms with E-state index in [0.717, 1.165) is 3.97 Å². The van der Waals surface area contributed by atoms with E-state index in [4.69, 9.17) is 5.73 Å². The molecule has 0 radical (unpaired) electrons. The Kier molecular flexibility index (Phi) is 5.36. The summed E-state index contributed by atoms with van der Waals surface area (Å²) in [7, 11) is -2.53. The predicted octanol–water partition coefficient (Wildman–Crippen LogP) is 3.46. The van der Waals surface area contributed by atoms with Crippen LogP contribution in [0.1, 0.15) is 26.7 Å². The number of aromatic nitrogens is 5. The number of anilines is 1. The second kappa shape index (κ2) is 8.67. The number of hydrogen-bond donors (Lipinski definition) is 2. The molecule has 0 fully saturated rings. The van der Waals surface area contributed by atoms with Crippen molar-refractivity contribution in [2.45, 2.75) is 4.90 Å².